The molecule has 2 aromatic carbocycles. The highest BCUT2D eigenvalue weighted by atomic mass is 79.9. The molecule has 0 saturated carbocycles. The van der Waals surface area contributed by atoms with E-state index in [0.29, 0.717) is 15.2 Å². The molecule has 2 unspecified atom stereocenters. The molecule has 1 aromatic heterocycles. The molecule has 0 aliphatic carbocycles. The van der Waals surface area contributed by atoms with Gasteiger partial charge in [-0.05, 0) is 65.7 Å². The van der Waals surface area contributed by atoms with Crippen LogP contribution in [0.1, 0.15) is 25.5 Å². The lowest BCUT2D eigenvalue weighted by atomic mass is 10.1. The monoisotopic (exact) mass is 448 g/mol. The Balaban J connectivity index is 1.61. The first-order valence-electron chi connectivity index (χ1n) is 8.31. The maximum absolute atomic E-state index is 12.5. The van der Waals surface area contributed by atoms with E-state index >= 15 is 0 Å². The minimum absolute atomic E-state index is 0.165. The van der Waals surface area contributed by atoms with Gasteiger partial charge in [0.2, 0.25) is 0 Å². The number of nitrogens with zero attached hydrogens (tertiary/aromatic N) is 3. The van der Waals surface area contributed by atoms with Gasteiger partial charge in [0, 0.05) is 5.02 Å². The molecule has 6 nitrogen and oxygen atoms in total. The van der Waals surface area contributed by atoms with Crippen LogP contribution in [0.2, 0.25) is 5.02 Å². The summed E-state index contributed by atoms with van der Waals surface area (Å²) in [4.78, 5) is 16.4. The second-order valence-electron chi connectivity index (χ2n) is 6.00. The van der Waals surface area contributed by atoms with Gasteiger partial charge >= 0.3 is 0 Å². The topological polar surface area (TPSA) is 69.0 Å². The van der Waals surface area contributed by atoms with E-state index < -0.39 is 6.10 Å². The molecule has 3 aromatic rings. The number of hydrogen-bond acceptors (Lipinski definition) is 4. The fourth-order valence-electron chi connectivity index (χ4n) is 2.49. The number of ether oxygens (including phenoxy) is 1. The second kappa shape index (κ2) is 8.54. The minimum Gasteiger partial charge on any atom is -0.480 e. The molecule has 0 spiro atoms. The molecule has 0 fully saturated rings. The predicted octanol–water partition coefficient (Wildman–Crippen LogP) is 4.33. The van der Waals surface area contributed by atoms with E-state index in [4.69, 9.17) is 16.3 Å². The lowest BCUT2D eigenvalue weighted by molar-refractivity contribution is -0.127. The summed E-state index contributed by atoms with van der Waals surface area (Å²) >= 11 is 9.31. The Morgan fingerprint density at radius 3 is 2.59 bits per heavy atom. The first kappa shape index (κ1) is 19.4. The van der Waals surface area contributed by atoms with E-state index in [0.717, 1.165) is 11.3 Å². The van der Waals surface area contributed by atoms with Gasteiger partial charge in [0.05, 0.1) is 16.2 Å². The van der Waals surface area contributed by atoms with Crippen LogP contribution in [0.15, 0.2) is 59.6 Å². The minimum atomic E-state index is -0.653. The van der Waals surface area contributed by atoms with Crippen LogP contribution in [-0.2, 0) is 4.79 Å². The van der Waals surface area contributed by atoms with E-state index in [-0.39, 0.29) is 11.9 Å². The molecule has 140 valence electrons. The fourth-order valence-corrected chi connectivity index (χ4v) is 3.26. The summed E-state index contributed by atoms with van der Waals surface area (Å²) in [6.07, 6.45) is 2.46. The van der Waals surface area contributed by atoms with Crippen molar-refractivity contribution in [1.29, 1.82) is 0 Å². The van der Waals surface area contributed by atoms with E-state index in [9.17, 15) is 4.79 Å². The molecule has 1 N–H and O–H groups in total. The summed E-state index contributed by atoms with van der Waals surface area (Å²) in [6, 6.07) is 12.7. The highest BCUT2D eigenvalue weighted by molar-refractivity contribution is 9.10. The third-order valence-electron chi connectivity index (χ3n) is 4.00. The van der Waals surface area contributed by atoms with Gasteiger partial charge in [0.25, 0.3) is 5.91 Å². The molecule has 0 bridgehead atoms. The molecule has 8 heteroatoms. The highest BCUT2D eigenvalue weighted by Gasteiger charge is 2.19. The summed E-state index contributed by atoms with van der Waals surface area (Å²) in [7, 11) is 0. The molecule has 0 radical (unpaired) electrons. The highest BCUT2D eigenvalue weighted by Crippen LogP contribution is 2.28. The van der Waals surface area contributed by atoms with Crippen LogP contribution in [0, 0.1) is 0 Å². The molecule has 0 aliphatic heterocycles. The van der Waals surface area contributed by atoms with E-state index in [1.54, 1.807) is 36.1 Å². The SMILES string of the molecule is CC(Oc1ccc(Cl)cc1Br)C(=O)NC(C)c1ccc(-n2cncn2)cc1. The van der Waals surface area contributed by atoms with Crippen molar-refractivity contribution in [2.75, 3.05) is 0 Å². The normalized spacial score (nSPS) is 13.0. The quantitative estimate of drug-likeness (QED) is 0.608. The van der Waals surface area contributed by atoms with Crippen molar-refractivity contribution in [2.45, 2.75) is 26.0 Å². The Hall–Kier alpha value is -2.38. The average Bonchev–Trinajstić information content (AvgIpc) is 3.18. The van der Waals surface area contributed by atoms with Crippen molar-refractivity contribution in [2.24, 2.45) is 0 Å². The maximum Gasteiger partial charge on any atom is 0.261 e. The van der Waals surface area contributed by atoms with Gasteiger partial charge in [-0.2, -0.15) is 5.10 Å². The van der Waals surface area contributed by atoms with Crippen LogP contribution in [-0.4, -0.2) is 26.8 Å². The van der Waals surface area contributed by atoms with E-state index in [1.807, 2.05) is 31.2 Å². The number of rotatable bonds is 6. The van der Waals surface area contributed by atoms with Gasteiger partial charge in [-0.15, -0.1) is 0 Å². The van der Waals surface area contributed by atoms with Crippen LogP contribution in [0.3, 0.4) is 0 Å². The molecule has 1 amide bonds. The zero-order valence-electron chi connectivity index (χ0n) is 14.8. The van der Waals surface area contributed by atoms with Crippen LogP contribution < -0.4 is 10.1 Å². The summed E-state index contributed by atoms with van der Waals surface area (Å²) in [5, 5.41) is 7.65. The van der Waals surface area contributed by atoms with Crippen LogP contribution >= 0.6 is 27.5 Å². The third-order valence-corrected chi connectivity index (χ3v) is 4.86. The van der Waals surface area contributed by atoms with Gasteiger partial charge in [0.1, 0.15) is 18.4 Å². The smallest absolute Gasteiger partial charge is 0.261 e. The average molecular weight is 450 g/mol. The van der Waals surface area contributed by atoms with Gasteiger partial charge < -0.3 is 10.1 Å². The van der Waals surface area contributed by atoms with Gasteiger partial charge in [-0.25, -0.2) is 9.67 Å². The van der Waals surface area contributed by atoms with Crippen LogP contribution in [0.25, 0.3) is 5.69 Å². The molecule has 2 atom stereocenters. The fraction of sp³-hybridized carbons (Fsp3) is 0.211. The molecule has 0 saturated heterocycles. The van der Waals surface area contributed by atoms with Crippen molar-refractivity contribution in [1.82, 2.24) is 20.1 Å². The van der Waals surface area contributed by atoms with Crippen molar-refractivity contribution >= 4 is 33.4 Å². The zero-order valence-corrected chi connectivity index (χ0v) is 17.1. The van der Waals surface area contributed by atoms with Crippen molar-refractivity contribution in [3.8, 4) is 11.4 Å². The molecular weight excluding hydrogens is 432 g/mol. The number of nitrogens with one attached hydrogen (secondary N) is 1. The van der Waals surface area contributed by atoms with Crippen molar-refractivity contribution < 1.29 is 9.53 Å². The molecule has 1 heterocycles. The Labute approximate surface area is 170 Å². The standard InChI is InChI=1S/C19H18BrClN4O2/c1-12(14-3-6-16(7-4-14)25-11-22-10-23-25)24-19(26)13(2)27-18-8-5-15(21)9-17(18)20/h3-13H,1-2H3,(H,24,26). The number of amides is 1. The lowest BCUT2D eigenvalue weighted by Crippen LogP contribution is -2.37. The van der Waals surface area contributed by atoms with Gasteiger partial charge in [0.15, 0.2) is 6.10 Å². The number of benzene rings is 2. The number of carbonyl (C=O) groups is 1. The Bertz CT molecular complexity index is 916. The summed E-state index contributed by atoms with van der Waals surface area (Å²) in [5.74, 6) is 0.358. The molecular formula is C19H18BrClN4O2. The van der Waals surface area contributed by atoms with Gasteiger partial charge in [-0.3, -0.25) is 4.79 Å². The lowest BCUT2D eigenvalue weighted by Gasteiger charge is -2.20. The Morgan fingerprint density at radius 1 is 1.22 bits per heavy atom. The largest absolute Gasteiger partial charge is 0.480 e. The maximum atomic E-state index is 12.5. The summed E-state index contributed by atoms with van der Waals surface area (Å²) in [5.41, 5.74) is 1.88. The Morgan fingerprint density at radius 2 is 1.96 bits per heavy atom. The van der Waals surface area contributed by atoms with Crippen LogP contribution in [0.5, 0.6) is 5.75 Å². The summed E-state index contributed by atoms with van der Waals surface area (Å²) in [6.45, 7) is 3.63. The zero-order chi connectivity index (χ0) is 19.4. The number of aromatic nitrogens is 3. The van der Waals surface area contributed by atoms with Crippen LogP contribution in [0.4, 0.5) is 0 Å². The first-order valence-corrected chi connectivity index (χ1v) is 9.48. The summed E-state index contributed by atoms with van der Waals surface area (Å²) < 4.78 is 8.10. The van der Waals surface area contributed by atoms with E-state index in [2.05, 4.69) is 31.3 Å². The molecule has 3 rings (SSSR count). The van der Waals surface area contributed by atoms with Crippen molar-refractivity contribution in [3.05, 3.63) is 70.2 Å². The third kappa shape index (κ3) is 4.87. The number of hydrogen-bond donors (Lipinski definition) is 1. The molecule has 0 aliphatic rings. The second-order valence-corrected chi connectivity index (χ2v) is 7.29. The first-order chi connectivity index (χ1) is 12.9. The van der Waals surface area contributed by atoms with Gasteiger partial charge in [-0.1, -0.05) is 23.7 Å². The van der Waals surface area contributed by atoms with Crippen molar-refractivity contribution in [3.63, 3.8) is 0 Å². The number of carbonyl (C=O) groups excluding carboxylic acids is 1. The number of halogens is 2. The predicted molar refractivity (Wildman–Crippen MR) is 107 cm³/mol. The molecule has 27 heavy (non-hydrogen) atoms. The Kier molecular flexibility index (Phi) is 6.13. The van der Waals surface area contributed by atoms with E-state index in [1.165, 1.54) is 6.33 Å².